The Hall–Kier alpha value is -2.58. The second kappa shape index (κ2) is 7.80. The average molecular weight is 348 g/mol. The van der Waals surface area contributed by atoms with Crippen LogP contribution in [-0.2, 0) is 16.6 Å². The second-order valence-corrected chi connectivity index (χ2v) is 6.76. The van der Waals surface area contributed by atoms with Crippen molar-refractivity contribution in [1.29, 1.82) is 0 Å². The zero-order chi connectivity index (χ0) is 17.6. The van der Waals surface area contributed by atoms with Crippen LogP contribution in [-0.4, -0.2) is 28.5 Å². The first-order chi connectivity index (χ1) is 11.5. The number of nitrogens with zero attached hydrogens (tertiary/aromatic N) is 1. The fourth-order valence-corrected chi connectivity index (χ4v) is 2.72. The first-order valence-electron chi connectivity index (χ1n) is 7.18. The van der Waals surface area contributed by atoms with Crippen molar-refractivity contribution in [3.8, 4) is 5.75 Å². The van der Waals surface area contributed by atoms with E-state index in [9.17, 15) is 8.42 Å². The monoisotopic (exact) mass is 348 g/mol. The molecule has 0 radical (unpaired) electrons. The van der Waals surface area contributed by atoms with E-state index in [1.165, 1.54) is 19.2 Å². The first kappa shape index (κ1) is 17.8. The minimum Gasteiger partial charge on any atom is -0.495 e. The van der Waals surface area contributed by atoms with Crippen LogP contribution in [0.25, 0.3) is 0 Å². The van der Waals surface area contributed by atoms with E-state index < -0.39 is 10.0 Å². The largest absolute Gasteiger partial charge is 0.495 e. The van der Waals surface area contributed by atoms with Gasteiger partial charge in [0.1, 0.15) is 5.75 Å². The maximum atomic E-state index is 11.7. The molecular weight excluding hydrogens is 328 g/mol. The summed E-state index contributed by atoms with van der Waals surface area (Å²) in [5.41, 5.74) is 7.44. The number of nitrogens with one attached hydrogen (secondary N) is 2. The first-order valence-corrected chi connectivity index (χ1v) is 8.67. The Morgan fingerprint density at radius 3 is 2.46 bits per heavy atom. The van der Waals surface area contributed by atoms with Gasteiger partial charge in [0, 0.05) is 0 Å². The molecule has 0 saturated heterocycles. The van der Waals surface area contributed by atoms with Gasteiger partial charge in [-0.05, 0) is 36.9 Å². The molecule has 8 heteroatoms. The van der Waals surface area contributed by atoms with Gasteiger partial charge in [0.15, 0.2) is 5.96 Å². The Bertz CT molecular complexity index is 817. The Kier molecular flexibility index (Phi) is 5.78. The van der Waals surface area contributed by atoms with Crippen LogP contribution in [0.5, 0.6) is 5.75 Å². The zero-order valence-electron chi connectivity index (χ0n) is 13.5. The van der Waals surface area contributed by atoms with E-state index in [1.807, 2.05) is 24.3 Å². The summed E-state index contributed by atoms with van der Waals surface area (Å²) in [6.07, 6.45) is 0. The van der Waals surface area contributed by atoms with Gasteiger partial charge in [-0.2, -0.15) is 0 Å². The van der Waals surface area contributed by atoms with Crippen molar-refractivity contribution in [2.24, 2.45) is 10.7 Å². The SMILES string of the molecule is CNS(=O)(=O)c1ccc(CN=C(N)Nc2ccccc2OC)cc1. The van der Waals surface area contributed by atoms with Gasteiger partial charge in [-0.25, -0.2) is 18.1 Å². The van der Waals surface area contributed by atoms with Crippen LogP contribution in [0.1, 0.15) is 5.56 Å². The summed E-state index contributed by atoms with van der Waals surface area (Å²) in [4.78, 5) is 4.45. The van der Waals surface area contributed by atoms with Gasteiger partial charge in [0.05, 0.1) is 24.2 Å². The van der Waals surface area contributed by atoms with E-state index in [1.54, 1.807) is 19.2 Å². The molecule has 2 aromatic rings. The number of hydrogen-bond donors (Lipinski definition) is 3. The summed E-state index contributed by atoms with van der Waals surface area (Å²) < 4.78 is 30.8. The summed E-state index contributed by atoms with van der Waals surface area (Å²) in [6, 6.07) is 13.8. The molecule has 0 spiro atoms. The number of aliphatic imine (C=N–C) groups is 1. The third-order valence-corrected chi connectivity index (χ3v) is 4.73. The van der Waals surface area contributed by atoms with E-state index in [0.717, 1.165) is 11.3 Å². The zero-order valence-corrected chi connectivity index (χ0v) is 14.3. The van der Waals surface area contributed by atoms with E-state index in [0.29, 0.717) is 12.3 Å². The van der Waals surface area contributed by atoms with E-state index in [-0.39, 0.29) is 10.9 Å². The van der Waals surface area contributed by atoms with Crippen LogP contribution < -0.4 is 20.5 Å². The number of benzene rings is 2. The molecule has 0 bridgehead atoms. The predicted molar refractivity (Wildman–Crippen MR) is 94.6 cm³/mol. The Morgan fingerprint density at radius 2 is 1.83 bits per heavy atom. The smallest absolute Gasteiger partial charge is 0.240 e. The molecule has 0 fully saturated rings. The number of methoxy groups -OCH3 is 1. The average Bonchev–Trinajstić information content (AvgIpc) is 2.61. The summed E-state index contributed by atoms with van der Waals surface area (Å²) in [6.45, 7) is 0.327. The molecule has 2 rings (SSSR count). The molecule has 4 N–H and O–H groups in total. The summed E-state index contributed by atoms with van der Waals surface area (Å²) >= 11 is 0. The fraction of sp³-hybridized carbons (Fsp3) is 0.188. The molecule has 0 amide bonds. The molecule has 0 saturated carbocycles. The number of hydrogen-bond acceptors (Lipinski definition) is 4. The molecule has 0 aliphatic carbocycles. The molecule has 0 aromatic heterocycles. The summed E-state index contributed by atoms with van der Waals surface area (Å²) in [5.74, 6) is 0.906. The van der Waals surface area contributed by atoms with Crippen LogP contribution in [0.3, 0.4) is 0 Å². The van der Waals surface area contributed by atoms with Crippen molar-refractivity contribution >= 4 is 21.7 Å². The van der Waals surface area contributed by atoms with Gasteiger partial charge in [-0.3, -0.25) is 0 Å². The number of sulfonamides is 1. The van der Waals surface area contributed by atoms with Gasteiger partial charge >= 0.3 is 0 Å². The van der Waals surface area contributed by atoms with Gasteiger partial charge in [0.2, 0.25) is 10.0 Å². The number of anilines is 1. The molecule has 0 heterocycles. The summed E-state index contributed by atoms with van der Waals surface area (Å²) in [7, 11) is -0.481. The Morgan fingerprint density at radius 1 is 1.17 bits per heavy atom. The maximum Gasteiger partial charge on any atom is 0.240 e. The lowest BCUT2D eigenvalue weighted by molar-refractivity contribution is 0.417. The Labute approximate surface area is 141 Å². The van der Waals surface area contributed by atoms with Crippen molar-refractivity contribution in [1.82, 2.24) is 4.72 Å². The lowest BCUT2D eigenvalue weighted by Gasteiger charge is -2.10. The lowest BCUT2D eigenvalue weighted by Crippen LogP contribution is -2.23. The van der Waals surface area contributed by atoms with E-state index in [2.05, 4.69) is 15.0 Å². The molecule has 0 aliphatic rings. The molecule has 24 heavy (non-hydrogen) atoms. The van der Waals surface area contributed by atoms with Crippen LogP contribution in [0.4, 0.5) is 5.69 Å². The number of ether oxygens (including phenoxy) is 1. The highest BCUT2D eigenvalue weighted by Gasteiger charge is 2.10. The van der Waals surface area contributed by atoms with Gasteiger partial charge in [0.25, 0.3) is 0 Å². The fourth-order valence-electron chi connectivity index (χ4n) is 1.99. The topological polar surface area (TPSA) is 106 Å². The van der Waals surface area contributed by atoms with Crippen LogP contribution in [0, 0.1) is 0 Å². The normalized spacial score (nSPS) is 12.0. The van der Waals surface area contributed by atoms with Crippen LogP contribution in [0.2, 0.25) is 0 Å². The molecule has 0 unspecified atom stereocenters. The van der Waals surface area contributed by atoms with Gasteiger partial charge in [-0.15, -0.1) is 0 Å². The highest BCUT2D eigenvalue weighted by molar-refractivity contribution is 7.89. The number of para-hydroxylation sites is 2. The van der Waals surface area contributed by atoms with Crippen molar-refractivity contribution in [2.45, 2.75) is 11.4 Å². The molecule has 0 atom stereocenters. The minimum absolute atomic E-state index is 0.206. The van der Waals surface area contributed by atoms with Gasteiger partial charge in [-0.1, -0.05) is 24.3 Å². The molecule has 0 aliphatic heterocycles. The van der Waals surface area contributed by atoms with Crippen molar-refractivity contribution in [2.75, 3.05) is 19.5 Å². The van der Waals surface area contributed by atoms with Crippen LogP contribution in [0.15, 0.2) is 58.4 Å². The van der Waals surface area contributed by atoms with E-state index >= 15 is 0 Å². The predicted octanol–water partition coefficient (Wildman–Crippen LogP) is 1.53. The third kappa shape index (κ3) is 4.46. The third-order valence-electron chi connectivity index (χ3n) is 3.30. The highest BCUT2D eigenvalue weighted by Crippen LogP contribution is 2.22. The maximum absolute atomic E-state index is 11.7. The van der Waals surface area contributed by atoms with Crippen molar-refractivity contribution in [3.05, 3.63) is 54.1 Å². The molecule has 2 aromatic carbocycles. The van der Waals surface area contributed by atoms with E-state index in [4.69, 9.17) is 10.5 Å². The number of guanidine groups is 1. The standard InChI is InChI=1S/C16H20N4O3S/c1-18-24(21,22)13-9-7-12(8-10-13)11-19-16(17)20-14-5-3-4-6-15(14)23-2/h3-10,18H,11H2,1-2H3,(H3,17,19,20). The van der Waals surface area contributed by atoms with Crippen LogP contribution >= 0.6 is 0 Å². The molecular formula is C16H20N4O3S. The lowest BCUT2D eigenvalue weighted by atomic mass is 10.2. The minimum atomic E-state index is -3.43. The number of nitrogens with two attached hydrogens (primary N) is 1. The highest BCUT2D eigenvalue weighted by atomic mass is 32.2. The quantitative estimate of drug-likeness (QED) is 0.542. The van der Waals surface area contributed by atoms with Gasteiger partial charge < -0.3 is 15.8 Å². The molecule has 7 nitrogen and oxygen atoms in total. The van der Waals surface area contributed by atoms with Crippen molar-refractivity contribution < 1.29 is 13.2 Å². The van der Waals surface area contributed by atoms with Crippen molar-refractivity contribution in [3.63, 3.8) is 0 Å². The summed E-state index contributed by atoms with van der Waals surface area (Å²) in [5, 5.41) is 2.97. The second-order valence-electron chi connectivity index (χ2n) is 4.88. The Balaban J connectivity index is 2.05. The molecule has 128 valence electrons. The number of rotatable bonds is 6.